The molecule has 2 unspecified atom stereocenters. The number of hydrogen-bond donors (Lipinski definition) is 2. The van der Waals surface area contributed by atoms with Gasteiger partial charge in [0.2, 0.25) is 5.91 Å². The Morgan fingerprint density at radius 1 is 1.06 bits per heavy atom. The molecule has 0 saturated carbocycles. The van der Waals surface area contributed by atoms with E-state index in [4.69, 9.17) is 16.3 Å². The molecule has 1 aromatic rings. The maximum absolute atomic E-state index is 13.2. The first-order valence-electron chi connectivity index (χ1n) is 10.9. The van der Waals surface area contributed by atoms with Gasteiger partial charge in [-0.2, -0.15) is 0 Å². The summed E-state index contributed by atoms with van der Waals surface area (Å²) in [5.41, 5.74) is 0.602. The summed E-state index contributed by atoms with van der Waals surface area (Å²) in [5.74, 6) is -0.108. The van der Waals surface area contributed by atoms with E-state index in [1.165, 1.54) is 12.8 Å². The fraction of sp³-hybridized carbons (Fsp3) is 0.636. The predicted octanol–water partition coefficient (Wildman–Crippen LogP) is 2.10. The highest BCUT2D eigenvalue weighted by molar-refractivity contribution is 6.30. The summed E-state index contributed by atoms with van der Waals surface area (Å²) >= 11 is 5.89. The SMILES string of the molecule is COC(C)C(NC(=O)Nc1ccc(Cl)cc1)C(=O)N1CCN(C2CCN(C)CC2)CC1. The molecular formula is C22H34ClN5O3. The molecule has 2 saturated heterocycles. The van der Waals surface area contributed by atoms with Crippen molar-refractivity contribution in [2.24, 2.45) is 0 Å². The molecule has 0 aliphatic carbocycles. The van der Waals surface area contributed by atoms with Gasteiger partial charge in [0.05, 0.1) is 6.10 Å². The molecule has 2 atom stereocenters. The highest BCUT2D eigenvalue weighted by atomic mass is 35.5. The number of nitrogens with one attached hydrogen (secondary N) is 2. The van der Waals surface area contributed by atoms with Gasteiger partial charge in [-0.05, 0) is 64.2 Å². The zero-order valence-corrected chi connectivity index (χ0v) is 19.4. The lowest BCUT2D eigenvalue weighted by Crippen LogP contribution is -2.60. The standard InChI is InChI=1S/C22H34ClN5O3/c1-16(31-3)20(25-22(30)24-18-6-4-17(23)5-7-18)21(29)28-14-12-27(13-15-28)19-8-10-26(2)11-9-19/h4-7,16,19-20H,8-15H2,1-3H3,(H2,24,25,30). The topological polar surface area (TPSA) is 77.1 Å². The molecule has 0 aromatic heterocycles. The molecule has 9 heteroatoms. The van der Waals surface area contributed by atoms with Crippen molar-refractivity contribution in [1.82, 2.24) is 20.0 Å². The van der Waals surface area contributed by atoms with E-state index in [9.17, 15) is 9.59 Å². The number of piperazine rings is 1. The van der Waals surface area contributed by atoms with E-state index >= 15 is 0 Å². The Kier molecular flexibility index (Phi) is 8.54. The first-order chi connectivity index (χ1) is 14.9. The lowest BCUT2D eigenvalue weighted by molar-refractivity contribution is -0.138. The van der Waals surface area contributed by atoms with Crippen LogP contribution in [0.4, 0.5) is 10.5 Å². The van der Waals surface area contributed by atoms with Crippen LogP contribution < -0.4 is 10.6 Å². The molecule has 1 aromatic carbocycles. The Hall–Kier alpha value is -1.87. The Bertz CT molecular complexity index is 731. The van der Waals surface area contributed by atoms with Gasteiger partial charge in [-0.3, -0.25) is 9.69 Å². The number of halogens is 1. The van der Waals surface area contributed by atoms with E-state index in [0.717, 1.165) is 26.2 Å². The van der Waals surface area contributed by atoms with Crippen LogP contribution in [0.15, 0.2) is 24.3 Å². The van der Waals surface area contributed by atoms with Crippen LogP contribution in [0, 0.1) is 0 Å². The molecular weight excluding hydrogens is 418 g/mol. The summed E-state index contributed by atoms with van der Waals surface area (Å²) in [6.07, 6.45) is 1.91. The summed E-state index contributed by atoms with van der Waals surface area (Å²) in [7, 11) is 3.71. The highest BCUT2D eigenvalue weighted by Crippen LogP contribution is 2.18. The molecule has 8 nitrogen and oxygen atoms in total. The second-order valence-electron chi connectivity index (χ2n) is 8.42. The zero-order chi connectivity index (χ0) is 22.4. The Balaban J connectivity index is 1.54. The van der Waals surface area contributed by atoms with Gasteiger partial charge in [-0.25, -0.2) is 4.79 Å². The molecule has 3 rings (SSSR count). The van der Waals surface area contributed by atoms with Gasteiger partial charge in [0.1, 0.15) is 6.04 Å². The Labute approximate surface area is 189 Å². The average molecular weight is 452 g/mol. The number of piperidine rings is 1. The number of anilines is 1. The van der Waals surface area contributed by atoms with Crippen LogP contribution in [0.2, 0.25) is 5.02 Å². The monoisotopic (exact) mass is 451 g/mol. The number of urea groups is 1. The van der Waals surface area contributed by atoms with Gasteiger partial charge in [0.15, 0.2) is 0 Å². The second kappa shape index (κ2) is 11.1. The number of carbonyl (C=O) groups excluding carboxylic acids is 2. The molecule has 0 radical (unpaired) electrons. The molecule has 2 fully saturated rings. The van der Waals surface area contributed by atoms with E-state index in [1.807, 2.05) is 4.90 Å². The molecule has 0 spiro atoms. The summed E-state index contributed by atoms with van der Waals surface area (Å²) in [6, 6.07) is 6.21. The van der Waals surface area contributed by atoms with E-state index in [2.05, 4.69) is 27.5 Å². The third-order valence-electron chi connectivity index (χ3n) is 6.33. The first kappa shape index (κ1) is 23.8. The van der Waals surface area contributed by atoms with Gasteiger partial charge >= 0.3 is 6.03 Å². The maximum Gasteiger partial charge on any atom is 0.319 e. The third kappa shape index (κ3) is 6.55. The van der Waals surface area contributed by atoms with Gasteiger partial charge in [-0.1, -0.05) is 11.6 Å². The number of hydrogen-bond acceptors (Lipinski definition) is 5. The molecule has 3 amide bonds. The average Bonchev–Trinajstić information content (AvgIpc) is 2.79. The Morgan fingerprint density at radius 3 is 2.26 bits per heavy atom. The van der Waals surface area contributed by atoms with Crippen LogP contribution in [-0.4, -0.2) is 98.3 Å². The number of nitrogens with zero attached hydrogens (tertiary/aromatic N) is 3. The first-order valence-corrected chi connectivity index (χ1v) is 11.3. The van der Waals surface area contributed by atoms with Crippen molar-refractivity contribution in [2.75, 3.05) is 58.7 Å². The molecule has 172 valence electrons. The van der Waals surface area contributed by atoms with Crippen molar-refractivity contribution in [3.05, 3.63) is 29.3 Å². The molecule has 2 aliphatic rings. The maximum atomic E-state index is 13.2. The molecule has 2 N–H and O–H groups in total. The van der Waals surface area contributed by atoms with E-state index in [-0.39, 0.29) is 5.91 Å². The van der Waals surface area contributed by atoms with Crippen molar-refractivity contribution >= 4 is 29.2 Å². The number of likely N-dealkylation sites (tertiary alicyclic amines) is 1. The summed E-state index contributed by atoms with van der Waals surface area (Å²) in [4.78, 5) is 32.4. The summed E-state index contributed by atoms with van der Waals surface area (Å²) < 4.78 is 5.39. The van der Waals surface area contributed by atoms with Crippen molar-refractivity contribution in [3.8, 4) is 0 Å². The molecule has 31 heavy (non-hydrogen) atoms. The Morgan fingerprint density at radius 2 is 1.68 bits per heavy atom. The molecule has 0 bridgehead atoms. The number of ether oxygens (including phenoxy) is 1. The highest BCUT2D eigenvalue weighted by Gasteiger charge is 2.34. The summed E-state index contributed by atoms with van der Waals surface area (Å²) in [6.45, 7) is 7.11. The van der Waals surface area contributed by atoms with Crippen molar-refractivity contribution < 1.29 is 14.3 Å². The van der Waals surface area contributed by atoms with Crippen molar-refractivity contribution in [2.45, 2.75) is 38.0 Å². The van der Waals surface area contributed by atoms with E-state index < -0.39 is 18.2 Å². The van der Waals surface area contributed by atoms with Gasteiger partial charge in [-0.15, -0.1) is 0 Å². The summed E-state index contributed by atoms with van der Waals surface area (Å²) in [5, 5.41) is 6.12. The van der Waals surface area contributed by atoms with Crippen LogP contribution in [0.1, 0.15) is 19.8 Å². The zero-order valence-electron chi connectivity index (χ0n) is 18.6. The lowest BCUT2D eigenvalue weighted by Gasteiger charge is -2.43. The van der Waals surface area contributed by atoms with Crippen molar-refractivity contribution in [1.29, 1.82) is 0 Å². The number of amides is 3. The molecule has 2 aliphatic heterocycles. The van der Waals surface area contributed by atoms with Crippen LogP contribution in [0.3, 0.4) is 0 Å². The number of carbonyl (C=O) groups is 2. The lowest BCUT2D eigenvalue weighted by atomic mass is 10.0. The number of benzene rings is 1. The molecule has 2 heterocycles. The van der Waals surface area contributed by atoms with Crippen molar-refractivity contribution in [3.63, 3.8) is 0 Å². The minimum atomic E-state index is -0.757. The van der Waals surface area contributed by atoms with Crippen LogP contribution in [0.25, 0.3) is 0 Å². The quantitative estimate of drug-likeness (QED) is 0.692. The van der Waals surface area contributed by atoms with Gasteiger partial charge in [0.25, 0.3) is 0 Å². The van der Waals surface area contributed by atoms with Crippen LogP contribution in [0.5, 0.6) is 0 Å². The number of rotatable bonds is 6. The van der Waals surface area contributed by atoms with E-state index in [0.29, 0.717) is 29.8 Å². The van der Waals surface area contributed by atoms with Gasteiger partial charge < -0.3 is 25.2 Å². The third-order valence-corrected chi connectivity index (χ3v) is 6.58. The minimum absolute atomic E-state index is 0.108. The number of methoxy groups -OCH3 is 1. The smallest absolute Gasteiger partial charge is 0.319 e. The van der Waals surface area contributed by atoms with Crippen LogP contribution >= 0.6 is 11.6 Å². The van der Waals surface area contributed by atoms with Crippen LogP contribution in [-0.2, 0) is 9.53 Å². The normalized spacial score (nSPS) is 20.8. The fourth-order valence-corrected chi connectivity index (χ4v) is 4.35. The predicted molar refractivity (Wildman–Crippen MR) is 123 cm³/mol. The minimum Gasteiger partial charge on any atom is -0.379 e. The fourth-order valence-electron chi connectivity index (χ4n) is 4.22. The van der Waals surface area contributed by atoms with Gasteiger partial charge in [0, 0.05) is 50.0 Å². The largest absolute Gasteiger partial charge is 0.379 e. The van der Waals surface area contributed by atoms with E-state index in [1.54, 1.807) is 38.3 Å². The second-order valence-corrected chi connectivity index (χ2v) is 8.86.